The number of nitrogens with zero attached hydrogens (tertiary/aromatic N) is 1. The Morgan fingerprint density at radius 1 is 0.773 bits per heavy atom. The predicted octanol–water partition coefficient (Wildman–Crippen LogP) is 4.94. The van der Waals surface area contributed by atoms with Gasteiger partial charge >= 0.3 is 0 Å². The first-order valence-electron chi connectivity index (χ1n) is 6.96. The largest absolute Gasteiger partial charge is 0.508 e. The molecule has 0 aromatic heterocycles. The van der Waals surface area contributed by atoms with Crippen molar-refractivity contribution in [3.8, 4) is 17.2 Å². The molecular weight excluding hydrogens is 274 g/mol. The van der Waals surface area contributed by atoms with Crippen LogP contribution < -0.4 is 4.74 Å². The molecule has 3 aromatic carbocycles. The van der Waals surface area contributed by atoms with E-state index >= 15 is 0 Å². The number of hydrogen-bond acceptors (Lipinski definition) is 3. The molecule has 0 spiro atoms. The Kier molecular flexibility index (Phi) is 4.16. The molecule has 0 saturated carbocycles. The second-order valence-corrected chi connectivity index (χ2v) is 4.77. The minimum Gasteiger partial charge on any atom is -0.508 e. The van der Waals surface area contributed by atoms with Crippen LogP contribution in [0.15, 0.2) is 83.9 Å². The van der Waals surface area contributed by atoms with E-state index in [-0.39, 0.29) is 5.75 Å². The Labute approximate surface area is 129 Å². The van der Waals surface area contributed by atoms with E-state index in [0.717, 1.165) is 22.7 Å². The normalized spacial score (nSPS) is 10.7. The maximum Gasteiger partial charge on any atom is 0.129 e. The highest BCUT2D eigenvalue weighted by Crippen LogP contribution is 2.25. The summed E-state index contributed by atoms with van der Waals surface area (Å²) in [6.07, 6.45) is 1.71. The van der Waals surface area contributed by atoms with Gasteiger partial charge in [0, 0.05) is 12.3 Å². The molecule has 3 nitrogen and oxygen atoms in total. The molecule has 3 aromatic rings. The number of hydrogen-bond donors (Lipinski definition) is 1. The summed E-state index contributed by atoms with van der Waals surface area (Å²) in [6, 6.07) is 24.1. The van der Waals surface area contributed by atoms with Gasteiger partial charge in [-0.25, -0.2) is 0 Å². The summed E-state index contributed by atoms with van der Waals surface area (Å²) >= 11 is 0. The Morgan fingerprint density at radius 2 is 1.55 bits per heavy atom. The number of rotatable bonds is 4. The second-order valence-electron chi connectivity index (χ2n) is 4.77. The summed E-state index contributed by atoms with van der Waals surface area (Å²) in [7, 11) is 0. The smallest absolute Gasteiger partial charge is 0.129 e. The lowest BCUT2D eigenvalue weighted by atomic mass is 10.2. The van der Waals surface area contributed by atoms with Crippen LogP contribution in [-0.4, -0.2) is 11.3 Å². The van der Waals surface area contributed by atoms with Crippen molar-refractivity contribution in [1.29, 1.82) is 0 Å². The van der Waals surface area contributed by atoms with Crippen LogP contribution in [0.5, 0.6) is 17.2 Å². The van der Waals surface area contributed by atoms with Crippen LogP contribution in [0.25, 0.3) is 0 Å². The fourth-order valence-electron chi connectivity index (χ4n) is 2.01. The van der Waals surface area contributed by atoms with Crippen LogP contribution in [0.1, 0.15) is 5.56 Å². The second kappa shape index (κ2) is 6.59. The van der Waals surface area contributed by atoms with Crippen molar-refractivity contribution in [3.05, 3.63) is 84.4 Å². The van der Waals surface area contributed by atoms with Gasteiger partial charge in [-0.1, -0.05) is 36.4 Å². The zero-order valence-corrected chi connectivity index (χ0v) is 11.9. The maximum atomic E-state index is 9.44. The van der Waals surface area contributed by atoms with Crippen molar-refractivity contribution in [2.45, 2.75) is 0 Å². The molecule has 0 unspecified atom stereocenters. The van der Waals surface area contributed by atoms with Crippen LogP contribution in [0, 0.1) is 0 Å². The molecule has 0 amide bonds. The van der Waals surface area contributed by atoms with Crippen LogP contribution in [0.2, 0.25) is 0 Å². The molecule has 0 heterocycles. The zero-order valence-electron chi connectivity index (χ0n) is 11.9. The molecule has 22 heavy (non-hydrogen) atoms. The first-order chi connectivity index (χ1) is 10.8. The van der Waals surface area contributed by atoms with Gasteiger partial charge in [-0.15, -0.1) is 0 Å². The molecule has 0 radical (unpaired) electrons. The number of phenols is 1. The van der Waals surface area contributed by atoms with Gasteiger partial charge in [0.05, 0.1) is 5.69 Å². The Bertz CT molecular complexity index is 782. The molecule has 3 rings (SSSR count). The van der Waals surface area contributed by atoms with Gasteiger partial charge < -0.3 is 9.84 Å². The number of aliphatic imine (C=N–C) groups is 1. The van der Waals surface area contributed by atoms with E-state index in [1.54, 1.807) is 24.4 Å². The number of aromatic hydroxyl groups is 1. The average molecular weight is 289 g/mol. The third-order valence-corrected chi connectivity index (χ3v) is 3.03. The van der Waals surface area contributed by atoms with Gasteiger partial charge in [-0.2, -0.15) is 0 Å². The summed E-state index contributed by atoms with van der Waals surface area (Å²) in [5.74, 6) is 1.75. The van der Waals surface area contributed by atoms with E-state index in [4.69, 9.17) is 4.74 Å². The van der Waals surface area contributed by atoms with E-state index in [2.05, 4.69) is 4.99 Å². The molecular formula is C19H15NO2. The molecule has 3 heteroatoms. The predicted molar refractivity (Wildman–Crippen MR) is 88.3 cm³/mol. The van der Waals surface area contributed by atoms with E-state index in [1.165, 1.54) is 0 Å². The highest BCUT2D eigenvalue weighted by molar-refractivity contribution is 5.82. The number of ether oxygens (including phenoxy) is 1. The Balaban J connectivity index is 1.76. The molecule has 0 aliphatic rings. The maximum absolute atomic E-state index is 9.44. The van der Waals surface area contributed by atoms with Crippen molar-refractivity contribution in [3.63, 3.8) is 0 Å². The molecule has 0 atom stereocenters. The van der Waals surface area contributed by atoms with Gasteiger partial charge in [-0.05, 0) is 42.0 Å². The molecule has 0 aliphatic carbocycles. The van der Waals surface area contributed by atoms with E-state index in [1.807, 2.05) is 60.7 Å². The fourth-order valence-corrected chi connectivity index (χ4v) is 2.01. The first-order valence-corrected chi connectivity index (χ1v) is 6.96. The summed E-state index contributed by atoms with van der Waals surface area (Å²) < 4.78 is 5.78. The van der Waals surface area contributed by atoms with Crippen molar-refractivity contribution in [1.82, 2.24) is 0 Å². The minimum absolute atomic E-state index is 0.227. The highest BCUT2D eigenvalue weighted by Gasteiger charge is 1.98. The highest BCUT2D eigenvalue weighted by atomic mass is 16.5. The lowest BCUT2D eigenvalue weighted by Crippen LogP contribution is -1.83. The van der Waals surface area contributed by atoms with Gasteiger partial charge in [0.25, 0.3) is 0 Å². The van der Waals surface area contributed by atoms with E-state index in [9.17, 15) is 5.11 Å². The molecule has 0 saturated heterocycles. The van der Waals surface area contributed by atoms with Gasteiger partial charge in [-0.3, -0.25) is 4.99 Å². The molecule has 0 bridgehead atoms. The van der Waals surface area contributed by atoms with E-state index < -0.39 is 0 Å². The topological polar surface area (TPSA) is 41.8 Å². The summed E-state index contributed by atoms with van der Waals surface area (Å²) in [5, 5.41) is 9.44. The summed E-state index contributed by atoms with van der Waals surface area (Å²) in [4.78, 5) is 4.40. The first kappa shape index (κ1) is 13.9. The molecule has 108 valence electrons. The third kappa shape index (κ3) is 3.73. The summed E-state index contributed by atoms with van der Waals surface area (Å²) in [6.45, 7) is 0. The van der Waals surface area contributed by atoms with Crippen LogP contribution in [-0.2, 0) is 0 Å². The molecule has 1 N–H and O–H groups in total. The number of para-hydroxylation sites is 1. The number of phenolic OH excluding ortho intramolecular Hbond substituents is 1. The van der Waals surface area contributed by atoms with E-state index in [0.29, 0.717) is 0 Å². The van der Waals surface area contributed by atoms with Crippen LogP contribution in [0.3, 0.4) is 0 Å². The number of benzene rings is 3. The Hall–Kier alpha value is -3.07. The lowest BCUT2D eigenvalue weighted by molar-refractivity contribution is 0.475. The van der Waals surface area contributed by atoms with Gasteiger partial charge in [0.2, 0.25) is 0 Å². The SMILES string of the molecule is Oc1cccc(C=Nc2cccc(Oc3ccccc3)c2)c1. The molecule has 0 fully saturated rings. The Morgan fingerprint density at radius 3 is 2.36 bits per heavy atom. The monoisotopic (exact) mass is 289 g/mol. The van der Waals surface area contributed by atoms with Crippen LogP contribution >= 0.6 is 0 Å². The van der Waals surface area contributed by atoms with Gasteiger partial charge in [0.1, 0.15) is 17.2 Å². The van der Waals surface area contributed by atoms with Crippen molar-refractivity contribution >= 4 is 11.9 Å². The zero-order chi connectivity index (χ0) is 15.2. The quantitative estimate of drug-likeness (QED) is 0.691. The van der Waals surface area contributed by atoms with Crippen LogP contribution in [0.4, 0.5) is 5.69 Å². The minimum atomic E-state index is 0.227. The standard InChI is InChI=1S/C19H15NO2/c21-17-8-4-6-15(12-17)14-20-16-7-5-11-19(13-16)22-18-9-2-1-3-10-18/h1-14,21H. The lowest BCUT2D eigenvalue weighted by Gasteiger charge is -2.05. The van der Waals surface area contributed by atoms with Crippen molar-refractivity contribution in [2.75, 3.05) is 0 Å². The van der Waals surface area contributed by atoms with Gasteiger partial charge in [0.15, 0.2) is 0 Å². The average Bonchev–Trinajstić information content (AvgIpc) is 2.54. The molecule has 0 aliphatic heterocycles. The third-order valence-electron chi connectivity index (χ3n) is 3.03. The van der Waals surface area contributed by atoms with Crippen molar-refractivity contribution in [2.24, 2.45) is 4.99 Å². The van der Waals surface area contributed by atoms with Crippen molar-refractivity contribution < 1.29 is 9.84 Å². The summed E-state index contributed by atoms with van der Waals surface area (Å²) in [5.41, 5.74) is 1.63. The fraction of sp³-hybridized carbons (Fsp3) is 0.